The van der Waals surface area contributed by atoms with Crippen LogP contribution >= 0.6 is 11.8 Å². The Balaban J connectivity index is 2.13. The van der Waals surface area contributed by atoms with Gasteiger partial charge in [-0.15, -0.1) is 0 Å². The molecular weight excluding hydrogens is 279 g/mol. The molecule has 1 fully saturated rings. The van der Waals surface area contributed by atoms with Crippen LogP contribution in [-0.4, -0.2) is 22.5 Å². The maximum absolute atomic E-state index is 13.3. The first-order valence-corrected chi connectivity index (χ1v) is 8.02. The summed E-state index contributed by atoms with van der Waals surface area (Å²) in [5.41, 5.74) is 0.201. The fraction of sp³-hybridized carbons (Fsp3) is 0.571. The lowest BCUT2D eigenvalue weighted by Gasteiger charge is -2.36. The first kappa shape index (κ1) is 15.1. The van der Waals surface area contributed by atoms with Crippen LogP contribution in [0.4, 0.5) is 15.8 Å². The second-order valence-corrected chi connectivity index (χ2v) is 6.49. The van der Waals surface area contributed by atoms with Crippen molar-refractivity contribution in [2.24, 2.45) is 0 Å². The molecule has 0 spiro atoms. The summed E-state index contributed by atoms with van der Waals surface area (Å²) in [7, 11) is 0. The Bertz CT molecular complexity index is 490. The van der Waals surface area contributed by atoms with Gasteiger partial charge in [-0.3, -0.25) is 10.1 Å². The van der Waals surface area contributed by atoms with E-state index in [1.165, 1.54) is 31.4 Å². The predicted octanol–water partition coefficient (Wildman–Crippen LogP) is 4.21. The fourth-order valence-corrected chi connectivity index (χ4v) is 3.63. The van der Waals surface area contributed by atoms with E-state index in [4.69, 9.17) is 0 Å². The molecule has 0 aromatic heterocycles. The first-order chi connectivity index (χ1) is 9.56. The molecule has 1 saturated carbocycles. The summed E-state index contributed by atoms with van der Waals surface area (Å²) in [6.45, 7) is 0.637. The molecule has 6 heteroatoms. The summed E-state index contributed by atoms with van der Waals surface area (Å²) < 4.78 is 13.4. The monoisotopic (exact) mass is 298 g/mol. The molecular formula is C14H19FN2O2S. The lowest BCUT2D eigenvalue weighted by atomic mass is 9.88. The molecule has 1 N–H and O–H groups in total. The molecule has 0 heterocycles. The SMILES string of the molecule is CSC1(CNc2cc(F)ccc2[N+](=O)[O-])CCCCC1. The molecule has 0 amide bonds. The minimum atomic E-state index is -0.478. The van der Waals surface area contributed by atoms with Crippen LogP contribution in [0.2, 0.25) is 0 Å². The van der Waals surface area contributed by atoms with Crippen molar-refractivity contribution >= 4 is 23.1 Å². The van der Waals surface area contributed by atoms with E-state index < -0.39 is 10.7 Å². The molecule has 2 rings (SSSR count). The van der Waals surface area contributed by atoms with Crippen LogP contribution in [0, 0.1) is 15.9 Å². The van der Waals surface area contributed by atoms with Crippen molar-refractivity contribution < 1.29 is 9.31 Å². The van der Waals surface area contributed by atoms with Gasteiger partial charge in [0.2, 0.25) is 0 Å². The molecule has 1 aromatic rings. The minimum absolute atomic E-state index is 0.0709. The number of benzene rings is 1. The summed E-state index contributed by atoms with van der Waals surface area (Å²) in [5, 5.41) is 14.1. The van der Waals surface area contributed by atoms with Gasteiger partial charge in [0, 0.05) is 23.4 Å². The van der Waals surface area contributed by atoms with Gasteiger partial charge in [-0.25, -0.2) is 4.39 Å². The Kier molecular flexibility index (Phi) is 4.86. The summed E-state index contributed by atoms with van der Waals surface area (Å²) in [6, 6.07) is 3.54. The Morgan fingerprint density at radius 3 is 2.70 bits per heavy atom. The van der Waals surface area contributed by atoms with Crippen LogP contribution < -0.4 is 5.32 Å². The Morgan fingerprint density at radius 2 is 2.10 bits per heavy atom. The highest BCUT2D eigenvalue weighted by Crippen LogP contribution is 2.39. The van der Waals surface area contributed by atoms with Crippen LogP contribution in [0.25, 0.3) is 0 Å². The zero-order chi connectivity index (χ0) is 14.6. The number of hydrogen-bond donors (Lipinski definition) is 1. The average Bonchev–Trinajstić information content (AvgIpc) is 2.46. The van der Waals surface area contributed by atoms with Gasteiger partial charge < -0.3 is 5.32 Å². The number of rotatable bonds is 5. The van der Waals surface area contributed by atoms with Crippen LogP contribution in [0.5, 0.6) is 0 Å². The Morgan fingerprint density at radius 1 is 1.40 bits per heavy atom. The normalized spacial score (nSPS) is 17.7. The largest absolute Gasteiger partial charge is 0.378 e. The minimum Gasteiger partial charge on any atom is -0.378 e. The molecule has 0 saturated heterocycles. The van der Waals surface area contributed by atoms with Gasteiger partial charge in [-0.05, 0) is 25.2 Å². The van der Waals surface area contributed by atoms with Crippen LogP contribution in [-0.2, 0) is 0 Å². The maximum Gasteiger partial charge on any atom is 0.292 e. The van der Waals surface area contributed by atoms with E-state index in [1.807, 2.05) is 0 Å². The maximum atomic E-state index is 13.3. The molecule has 4 nitrogen and oxygen atoms in total. The third-order valence-electron chi connectivity index (χ3n) is 3.95. The van der Waals surface area contributed by atoms with Gasteiger partial charge in [0.25, 0.3) is 5.69 Å². The molecule has 0 radical (unpaired) electrons. The number of nitrogens with one attached hydrogen (secondary N) is 1. The van der Waals surface area contributed by atoms with E-state index in [9.17, 15) is 14.5 Å². The highest BCUT2D eigenvalue weighted by Gasteiger charge is 2.31. The fourth-order valence-electron chi connectivity index (χ4n) is 2.71. The van der Waals surface area contributed by atoms with E-state index in [2.05, 4.69) is 11.6 Å². The van der Waals surface area contributed by atoms with Gasteiger partial charge in [-0.2, -0.15) is 11.8 Å². The second-order valence-electron chi connectivity index (χ2n) is 5.22. The summed E-state index contributed by atoms with van der Waals surface area (Å²) in [4.78, 5) is 10.5. The molecule has 0 atom stereocenters. The molecule has 1 aliphatic rings. The van der Waals surface area contributed by atoms with E-state index in [-0.39, 0.29) is 16.1 Å². The second kappa shape index (κ2) is 6.43. The zero-order valence-electron chi connectivity index (χ0n) is 11.5. The Hall–Kier alpha value is -1.30. The lowest BCUT2D eigenvalue weighted by molar-refractivity contribution is -0.384. The first-order valence-electron chi connectivity index (χ1n) is 6.79. The zero-order valence-corrected chi connectivity index (χ0v) is 12.3. The summed E-state index contributed by atoms with van der Waals surface area (Å²) in [6.07, 6.45) is 7.91. The number of nitro benzene ring substituents is 1. The third kappa shape index (κ3) is 3.42. The highest BCUT2D eigenvalue weighted by atomic mass is 32.2. The Labute approximate surface area is 122 Å². The molecule has 20 heavy (non-hydrogen) atoms. The van der Waals surface area contributed by atoms with Crippen molar-refractivity contribution in [3.63, 3.8) is 0 Å². The lowest BCUT2D eigenvalue weighted by Crippen LogP contribution is -2.35. The van der Waals surface area contributed by atoms with E-state index in [0.29, 0.717) is 6.54 Å². The van der Waals surface area contributed by atoms with Crippen molar-refractivity contribution in [1.82, 2.24) is 0 Å². The molecule has 1 aliphatic carbocycles. The molecule has 0 aliphatic heterocycles. The summed E-state index contributed by atoms with van der Waals surface area (Å²) in [5.74, 6) is -0.458. The number of nitrogens with zero attached hydrogens (tertiary/aromatic N) is 1. The van der Waals surface area contributed by atoms with E-state index in [1.54, 1.807) is 11.8 Å². The number of halogens is 1. The van der Waals surface area contributed by atoms with Crippen molar-refractivity contribution in [3.8, 4) is 0 Å². The number of nitro groups is 1. The number of thioether (sulfide) groups is 1. The van der Waals surface area contributed by atoms with Crippen molar-refractivity contribution in [2.75, 3.05) is 18.1 Å². The van der Waals surface area contributed by atoms with E-state index >= 15 is 0 Å². The topological polar surface area (TPSA) is 55.2 Å². The van der Waals surface area contributed by atoms with Gasteiger partial charge in [0.05, 0.1) is 4.92 Å². The number of hydrogen-bond acceptors (Lipinski definition) is 4. The molecule has 0 bridgehead atoms. The van der Waals surface area contributed by atoms with Crippen molar-refractivity contribution in [3.05, 3.63) is 34.1 Å². The molecule has 1 aromatic carbocycles. The highest BCUT2D eigenvalue weighted by molar-refractivity contribution is 8.00. The van der Waals surface area contributed by atoms with Crippen molar-refractivity contribution in [1.29, 1.82) is 0 Å². The smallest absolute Gasteiger partial charge is 0.292 e. The quantitative estimate of drug-likeness (QED) is 0.653. The standard InChI is InChI=1S/C14H19FN2O2S/c1-20-14(7-3-2-4-8-14)10-16-12-9-11(15)5-6-13(12)17(18)19/h5-6,9,16H,2-4,7-8,10H2,1H3. The predicted molar refractivity (Wildman–Crippen MR) is 80.9 cm³/mol. The van der Waals surface area contributed by atoms with E-state index in [0.717, 1.165) is 18.9 Å². The third-order valence-corrected chi connectivity index (χ3v) is 5.37. The molecule has 0 unspecified atom stereocenters. The molecule has 110 valence electrons. The van der Waals surface area contributed by atoms with Gasteiger partial charge >= 0.3 is 0 Å². The van der Waals surface area contributed by atoms with Gasteiger partial charge in [0.15, 0.2) is 0 Å². The van der Waals surface area contributed by atoms with Gasteiger partial charge in [-0.1, -0.05) is 19.3 Å². The average molecular weight is 298 g/mol. The van der Waals surface area contributed by atoms with Crippen LogP contribution in [0.1, 0.15) is 32.1 Å². The van der Waals surface area contributed by atoms with Crippen molar-refractivity contribution in [2.45, 2.75) is 36.9 Å². The number of anilines is 1. The summed E-state index contributed by atoms with van der Waals surface area (Å²) >= 11 is 1.80. The van der Waals surface area contributed by atoms with Crippen LogP contribution in [0.15, 0.2) is 18.2 Å². The van der Waals surface area contributed by atoms with Gasteiger partial charge in [0.1, 0.15) is 11.5 Å². The van der Waals surface area contributed by atoms with Crippen LogP contribution in [0.3, 0.4) is 0 Å².